The van der Waals surface area contributed by atoms with Crippen LogP contribution >= 0.6 is 47.8 Å². The summed E-state index contributed by atoms with van der Waals surface area (Å²) in [4.78, 5) is 18.4. The first-order valence-corrected chi connectivity index (χ1v) is 13.1. The second-order valence-corrected chi connectivity index (χ2v) is 10.4. The third kappa shape index (κ3) is 5.07. The normalized spacial score (nSPS) is 14.4. The van der Waals surface area contributed by atoms with Crippen LogP contribution in [-0.2, 0) is 0 Å². The summed E-state index contributed by atoms with van der Waals surface area (Å²) in [7, 11) is 1.52. The molecule has 1 fully saturated rings. The minimum atomic E-state index is -0.209. The molecule has 0 N–H and O–H groups in total. The first-order chi connectivity index (χ1) is 16.4. The molecule has 0 bridgehead atoms. The van der Waals surface area contributed by atoms with Crippen molar-refractivity contribution in [3.63, 3.8) is 0 Å². The first-order valence-electron chi connectivity index (χ1n) is 10.8. The highest BCUT2D eigenvalue weighted by atomic mass is 79.9. The van der Waals surface area contributed by atoms with E-state index in [2.05, 4.69) is 52.9 Å². The average Bonchev–Trinajstić information content (AvgIpc) is 2.85. The van der Waals surface area contributed by atoms with Crippen molar-refractivity contribution in [3.8, 4) is 17.6 Å². The van der Waals surface area contributed by atoms with Crippen LogP contribution in [0.2, 0.25) is 0 Å². The maximum Gasteiger partial charge on any atom is 0.282 e. The third-order valence-corrected chi connectivity index (χ3v) is 8.41. The van der Waals surface area contributed by atoms with Crippen LogP contribution in [0.25, 0.3) is 10.9 Å². The number of hydrogen-bond donors (Lipinski definition) is 0. The molecule has 0 saturated heterocycles. The number of hydrogen-bond acceptors (Lipinski definition) is 6. The molecule has 0 spiro atoms. The Morgan fingerprint density at radius 3 is 2.68 bits per heavy atom. The van der Waals surface area contributed by atoms with Crippen LogP contribution in [0.3, 0.4) is 0 Å². The molecule has 34 heavy (non-hydrogen) atoms. The fraction of sp³-hybridized carbons (Fsp3) is 0.333. The topological polar surface area (TPSA) is 89.5 Å². The highest BCUT2D eigenvalue weighted by Crippen LogP contribution is 2.42. The molecule has 1 saturated carbocycles. The monoisotopic (exact) mass is 650 g/mol. The van der Waals surface area contributed by atoms with Crippen molar-refractivity contribution in [1.29, 1.82) is 5.26 Å². The number of methoxy groups -OCH3 is 1. The van der Waals surface area contributed by atoms with Gasteiger partial charge in [0.25, 0.3) is 5.56 Å². The van der Waals surface area contributed by atoms with E-state index < -0.39 is 0 Å². The number of nitrogens with zero attached hydrogens (tertiary/aromatic N) is 4. The van der Waals surface area contributed by atoms with E-state index in [9.17, 15) is 4.79 Å². The molecule has 4 rings (SSSR count). The van der Waals surface area contributed by atoms with Crippen LogP contribution in [-0.4, -0.2) is 29.6 Å². The molecule has 2 aromatic carbocycles. The summed E-state index contributed by atoms with van der Waals surface area (Å²) in [6, 6.07) is 9.22. The van der Waals surface area contributed by atoms with Crippen molar-refractivity contribution >= 4 is 64.9 Å². The maximum absolute atomic E-state index is 13.5. The Balaban J connectivity index is 1.84. The predicted molar refractivity (Wildman–Crippen MR) is 142 cm³/mol. The van der Waals surface area contributed by atoms with Crippen LogP contribution in [0.5, 0.6) is 11.5 Å². The molecular weight excluding hydrogens is 632 g/mol. The molecule has 1 heterocycles. The van der Waals surface area contributed by atoms with Crippen molar-refractivity contribution in [1.82, 2.24) is 9.66 Å². The van der Waals surface area contributed by atoms with Gasteiger partial charge in [-0.25, -0.2) is 4.98 Å². The molecule has 1 aromatic heterocycles. The Labute approximate surface area is 222 Å². The van der Waals surface area contributed by atoms with E-state index in [0.29, 0.717) is 42.7 Å². The Kier molecular flexibility index (Phi) is 8.06. The van der Waals surface area contributed by atoms with E-state index in [4.69, 9.17) is 19.7 Å². The number of fused-ring (bicyclic) bond motifs is 1. The highest BCUT2D eigenvalue weighted by Gasteiger charge is 2.23. The molecule has 0 radical (unpaired) electrons. The molecule has 176 valence electrons. The zero-order chi connectivity index (χ0) is 24.2. The van der Waals surface area contributed by atoms with Gasteiger partial charge < -0.3 is 9.47 Å². The second-order valence-electron chi connectivity index (χ2n) is 7.90. The van der Waals surface area contributed by atoms with Crippen LogP contribution in [0.1, 0.15) is 49.4 Å². The van der Waals surface area contributed by atoms with Gasteiger partial charge in [-0.1, -0.05) is 35.2 Å². The van der Waals surface area contributed by atoms with Gasteiger partial charge in [0.1, 0.15) is 11.9 Å². The van der Waals surface area contributed by atoms with Gasteiger partial charge in [-0.15, -0.1) is 0 Å². The molecular formula is C24H21Br3N4O3. The zero-order valence-electron chi connectivity index (χ0n) is 18.4. The van der Waals surface area contributed by atoms with Crippen molar-refractivity contribution in [2.45, 2.75) is 38.0 Å². The lowest BCUT2D eigenvalue weighted by Gasteiger charge is -2.22. The Hall–Kier alpha value is -2.22. The molecule has 0 atom stereocenters. The van der Waals surface area contributed by atoms with Gasteiger partial charge in [0, 0.05) is 20.4 Å². The Morgan fingerprint density at radius 1 is 1.21 bits per heavy atom. The second kappa shape index (κ2) is 11.0. The standard InChI is InChI=1S/C24H21Br3N4O3/c1-33-19-11-15(20(26)21(27)22(19)34-10-9-28)13-29-31-23(14-5-3-2-4-6-14)30-18-8-7-16(25)12-17(18)24(31)32/h7-8,11-14H,2-6,10H2,1H3. The quantitative estimate of drug-likeness (QED) is 0.283. The smallest absolute Gasteiger partial charge is 0.282 e. The van der Waals surface area contributed by atoms with Gasteiger partial charge in [0.15, 0.2) is 18.1 Å². The van der Waals surface area contributed by atoms with E-state index in [1.165, 1.54) is 18.2 Å². The Morgan fingerprint density at radius 2 is 1.97 bits per heavy atom. The molecule has 0 unspecified atom stereocenters. The van der Waals surface area contributed by atoms with Crippen molar-refractivity contribution < 1.29 is 9.47 Å². The van der Waals surface area contributed by atoms with E-state index in [1.807, 2.05) is 18.2 Å². The van der Waals surface area contributed by atoms with Gasteiger partial charge in [-0.2, -0.15) is 15.0 Å². The van der Waals surface area contributed by atoms with Crippen LogP contribution in [0.15, 0.2) is 47.6 Å². The third-order valence-electron chi connectivity index (χ3n) is 5.77. The van der Waals surface area contributed by atoms with E-state index in [1.54, 1.807) is 18.3 Å². The fourth-order valence-electron chi connectivity index (χ4n) is 4.11. The summed E-state index contributed by atoms with van der Waals surface area (Å²) in [5.41, 5.74) is 1.13. The van der Waals surface area contributed by atoms with Crippen LogP contribution in [0.4, 0.5) is 0 Å². The number of benzene rings is 2. The average molecular weight is 653 g/mol. The maximum atomic E-state index is 13.5. The molecule has 10 heteroatoms. The summed E-state index contributed by atoms with van der Waals surface area (Å²) in [6.45, 7) is -0.118. The van der Waals surface area contributed by atoms with Gasteiger partial charge >= 0.3 is 0 Å². The van der Waals surface area contributed by atoms with Crippen LogP contribution in [0, 0.1) is 11.3 Å². The minimum absolute atomic E-state index is 0.118. The lowest BCUT2D eigenvalue weighted by Crippen LogP contribution is -2.25. The van der Waals surface area contributed by atoms with Gasteiger partial charge in [-0.05, 0) is 69.0 Å². The number of rotatable bonds is 6. The van der Waals surface area contributed by atoms with Crippen molar-refractivity contribution in [2.24, 2.45) is 5.10 Å². The largest absolute Gasteiger partial charge is 0.493 e. The summed E-state index contributed by atoms with van der Waals surface area (Å²) in [5, 5.41) is 14.0. The van der Waals surface area contributed by atoms with E-state index >= 15 is 0 Å². The molecule has 3 aromatic rings. The Bertz CT molecular complexity index is 1360. The summed E-state index contributed by atoms with van der Waals surface area (Å²) >= 11 is 10.5. The first kappa shape index (κ1) is 24.9. The number of ether oxygens (including phenoxy) is 2. The zero-order valence-corrected chi connectivity index (χ0v) is 23.1. The molecule has 0 aliphatic heterocycles. The van der Waals surface area contributed by atoms with Crippen molar-refractivity contribution in [2.75, 3.05) is 13.7 Å². The van der Waals surface area contributed by atoms with Crippen molar-refractivity contribution in [3.05, 3.63) is 59.4 Å². The predicted octanol–water partition coefficient (Wildman–Crippen LogP) is 6.52. The van der Waals surface area contributed by atoms with Gasteiger partial charge in [-0.3, -0.25) is 4.79 Å². The molecule has 1 aliphatic carbocycles. The summed E-state index contributed by atoms with van der Waals surface area (Å²) in [6.07, 6.45) is 7.00. The van der Waals surface area contributed by atoms with E-state index in [-0.39, 0.29) is 18.1 Å². The van der Waals surface area contributed by atoms with Gasteiger partial charge in [0.2, 0.25) is 0 Å². The molecule has 1 aliphatic rings. The SMILES string of the molecule is COc1cc(C=Nn2c(C3CCCCC3)nc3ccc(Br)cc3c2=O)c(Br)c(Br)c1OCC#N. The molecule has 0 amide bonds. The number of nitriles is 1. The lowest BCUT2D eigenvalue weighted by atomic mass is 9.88. The summed E-state index contributed by atoms with van der Waals surface area (Å²) < 4.78 is 14.4. The lowest BCUT2D eigenvalue weighted by molar-refractivity contribution is 0.327. The number of aromatic nitrogens is 2. The number of halogens is 3. The van der Waals surface area contributed by atoms with E-state index in [0.717, 1.165) is 30.2 Å². The fourth-order valence-corrected chi connectivity index (χ4v) is 5.41. The van der Waals surface area contributed by atoms with Crippen LogP contribution < -0.4 is 15.0 Å². The highest BCUT2D eigenvalue weighted by molar-refractivity contribution is 9.13. The minimum Gasteiger partial charge on any atom is -0.493 e. The summed E-state index contributed by atoms with van der Waals surface area (Å²) in [5.74, 6) is 1.71. The molecule has 7 nitrogen and oxygen atoms in total. The van der Waals surface area contributed by atoms with Gasteiger partial charge in [0.05, 0.1) is 28.7 Å².